The summed E-state index contributed by atoms with van der Waals surface area (Å²) in [5.74, 6) is -5.67. The Morgan fingerprint density at radius 2 is 1.73 bits per heavy atom. The van der Waals surface area contributed by atoms with Crippen molar-refractivity contribution >= 4 is 0 Å². The molecule has 1 rings (SSSR count). The molecule has 0 saturated heterocycles. The number of rotatable bonds is 2. The lowest BCUT2D eigenvalue weighted by Crippen LogP contribution is -2.43. The predicted octanol–water partition coefficient (Wildman–Crippen LogP) is 2.72. The monoisotopic (exact) mass is 226 g/mol. The van der Waals surface area contributed by atoms with E-state index in [4.69, 9.17) is 0 Å². The molecule has 0 aliphatic heterocycles. The standard InChI is InChI=1S/C9H10F4O2/c1-9(15-3)7(12)4(10)6(14-2)5(11)8(9)13/h7H,1-3H3. The van der Waals surface area contributed by atoms with Gasteiger partial charge in [0.05, 0.1) is 7.11 Å². The maximum absolute atomic E-state index is 13.4. The van der Waals surface area contributed by atoms with Crippen molar-refractivity contribution in [1.29, 1.82) is 0 Å². The summed E-state index contributed by atoms with van der Waals surface area (Å²) < 4.78 is 61.8. The van der Waals surface area contributed by atoms with Gasteiger partial charge in [0.15, 0.2) is 29.2 Å². The smallest absolute Gasteiger partial charge is 0.202 e. The fourth-order valence-electron chi connectivity index (χ4n) is 1.27. The van der Waals surface area contributed by atoms with Crippen LogP contribution in [0.3, 0.4) is 0 Å². The Hall–Kier alpha value is -1.04. The molecule has 6 heteroatoms. The van der Waals surface area contributed by atoms with E-state index in [2.05, 4.69) is 9.47 Å². The van der Waals surface area contributed by atoms with Gasteiger partial charge in [0, 0.05) is 7.11 Å². The average Bonchev–Trinajstić information content (AvgIpc) is 2.24. The lowest BCUT2D eigenvalue weighted by atomic mass is 9.91. The number of alkyl halides is 1. The van der Waals surface area contributed by atoms with Gasteiger partial charge in [-0.15, -0.1) is 0 Å². The predicted molar refractivity (Wildman–Crippen MR) is 44.7 cm³/mol. The van der Waals surface area contributed by atoms with Crippen LogP contribution in [-0.2, 0) is 9.47 Å². The van der Waals surface area contributed by atoms with Crippen LogP contribution in [0.25, 0.3) is 0 Å². The zero-order chi connectivity index (χ0) is 11.8. The molecule has 0 bridgehead atoms. The van der Waals surface area contributed by atoms with Gasteiger partial charge in [-0.05, 0) is 6.92 Å². The first-order valence-corrected chi connectivity index (χ1v) is 4.09. The van der Waals surface area contributed by atoms with Gasteiger partial charge in [-0.3, -0.25) is 0 Å². The van der Waals surface area contributed by atoms with Crippen LogP contribution in [0.5, 0.6) is 0 Å². The van der Waals surface area contributed by atoms with Crippen molar-refractivity contribution in [1.82, 2.24) is 0 Å². The van der Waals surface area contributed by atoms with Crippen LogP contribution in [0.15, 0.2) is 23.2 Å². The van der Waals surface area contributed by atoms with E-state index in [0.29, 0.717) is 0 Å². The van der Waals surface area contributed by atoms with Crippen LogP contribution in [0.4, 0.5) is 17.6 Å². The van der Waals surface area contributed by atoms with Gasteiger partial charge in [0.25, 0.3) is 0 Å². The molecular formula is C9H10F4O2. The zero-order valence-electron chi connectivity index (χ0n) is 8.41. The minimum atomic E-state index is -2.43. The topological polar surface area (TPSA) is 18.5 Å². The zero-order valence-corrected chi connectivity index (χ0v) is 8.41. The fraction of sp³-hybridized carbons (Fsp3) is 0.556. The highest BCUT2D eigenvalue weighted by atomic mass is 19.2. The Labute approximate surface area is 84.2 Å². The van der Waals surface area contributed by atoms with E-state index in [-0.39, 0.29) is 0 Å². The van der Waals surface area contributed by atoms with Crippen LogP contribution in [0, 0.1) is 0 Å². The van der Waals surface area contributed by atoms with Gasteiger partial charge < -0.3 is 9.47 Å². The van der Waals surface area contributed by atoms with Gasteiger partial charge in [-0.1, -0.05) is 0 Å². The van der Waals surface area contributed by atoms with Crippen LogP contribution in [0.1, 0.15) is 6.92 Å². The molecule has 2 unspecified atom stereocenters. The van der Waals surface area contributed by atoms with E-state index in [1.54, 1.807) is 0 Å². The van der Waals surface area contributed by atoms with Crippen LogP contribution in [0.2, 0.25) is 0 Å². The third kappa shape index (κ3) is 1.52. The Balaban J connectivity index is 3.34. The van der Waals surface area contributed by atoms with E-state index < -0.39 is 35.0 Å². The van der Waals surface area contributed by atoms with Gasteiger partial charge in [-0.2, -0.15) is 4.39 Å². The van der Waals surface area contributed by atoms with Crippen molar-refractivity contribution in [2.24, 2.45) is 0 Å². The molecule has 0 radical (unpaired) electrons. The highest BCUT2D eigenvalue weighted by Gasteiger charge is 2.50. The summed E-state index contributed by atoms with van der Waals surface area (Å²) in [6, 6.07) is 0. The molecule has 0 heterocycles. The second kappa shape index (κ2) is 3.84. The molecule has 2 atom stereocenters. The molecule has 0 saturated carbocycles. The number of ether oxygens (including phenoxy) is 2. The van der Waals surface area contributed by atoms with Gasteiger partial charge in [0.1, 0.15) is 0 Å². The molecule has 0 amide bonds. The van der Waals surface area contributed by atoms with E-state index in [9.17, 15) is 17.6 Å². The van der Waals surface area contributed by atoms with Crippen LogP contribution in [-0.4, -0.2) is 26.0 Å². The van der Waals surface area contributed by atoms with Gasteiger partial charge in [0.2, 0.25) is 5.83 Å². The number of allylic oxidation sites excluding steroid dienone is 1. The van der Waals surface area contributed by atoms with Crippen LogP contribution >= 0.6 is 0 Å². The molecule has 0 N–H and O–H groups in total. The summed E-state index contributed by atoms with van der Waals surface area (Å²) in [5, 5.41) is 0. The molecule has 0 aromatic rings. The normalized spacial score (nSPS) is 32.3. The van der Waals surface area contributed by atoms with Crippen molar-refractivity contribution in [2.75, 3.05) is 14.2 Å². The first kappa shape index (κ1) is 12.0. The summed E-state index contributed by atoms with van der Waals surface area (Å²) in [7, 11) is 1.88. The Morgan fingerprint density at radius 3 is 2.13 bits per heavy atom. The minimum absolute atomic E-state index is 0.915. The number of halogens is 4. The summed E-state index contributed by atoms with van der Waals surface area (Å²) in [5.41, 5.74) is -2.28. The molecule has 0 aromatic carbocycles. The number of hydrogen-bond donors (Lipinski definition) is 0. The summed E-state index contributed by atoms with van der Waals surface area (Å²) >= 11 is 0. The van der Waals surface area contributed by atoms with Crippen molar-refractivity contribution in [3.8, 4) is 0 Å². The maximum atomic E-state index is 13.4. The molecule has 86 valence electrons. The highest BCUT2D eigenvalue weighted by Crippen LogP contribution is 2.43. The quantitative estimate of drug-likeness (QED) is 0.674. The SMILES string of the molecule is COC1=C(F)C(F)C(C)(OC)C(F)=C1F. The second-order valence-corrected chi connectivity index (χ2v) is 3.18. The molecular weight excluding hydrogens is 216 g/mol. The van der Waals surface area contributed by atoms with E-state index in [1.165, 1.54) is 0 Å². The third-order valence-electron chi connectivity index (χ3n) is 2.38. The summed E-state index contributed by atoms with van der Waals surface area (Å²) in [6.45, 7) is 0.915. The maximum Gasteiger partial charge on any atom is 0.202 e. The Bertz CT molecular complexity index is 337. The molecule has 15 heavy (non-hydrogen) atoms. The average molecular weight is 226 g/mol. The van der Waals surface area contributed by atoms with Crippen molar-refractivity contribution in [3.63, 3.8) is 0 Å². The largest absolute Gasteiger partial charge is 0.491 e. The number of hydrogen-bond acceptors (Lipinski definition) is 2. The third-order valence-corrected chi connectivity index (χ3v) is 2.38. The van der Waals surface area contributed by atoms with E-state index in [0.717, 1.165) is 21.1 Å². The minimum Gasteiger partial charge on any atom is -0.491 e. The van der Waals surface area contributed by atoms with Gasteiger partial charge in [-0.25, -0.2) is 13.2 Å². The first-order chi connectivity index (χ1) is 6.90. The highest BCUT2D eigenvalue weighted by molar-refractivity contribution is 5.38. The Morgan fingerprint density at radius 1 is 1.20 bits per heavy atom. The van der Waals surface area contributed by atoms with E-state index >= 15 is 0 Å². The molecule has 0 spiro atoms. The lowest BCUT2D eigenvalue weighted by Gasteiger charge is -2.32. The molecule has 0 fully saturated rings. The van der Waals surface area contributed by atoms with Crippen molar-refractivity contribution < 1.29 is 27.0 Å². The van der Waals surface area contributed by atoms with Crippen molar-refractivity contribution in [3.05, 3.63) is 23.2 Å². The van der Waals surface area contributed by atoms with E-state index in [1.807, 2.05) is 0 Å². The summed E-state index contributed by atoms with van der Waals surface area (Å²) in [4.78, 5) is 0. The summed E-state index contributed by atoms with van der Waals surface area (Å²) in [6.07, 6.45) is -2.43. The second-order valence-electron chi connectivity index (χ2n) is 3.18. The first-order valence-electron chi connectivity index (χ1n) is 4.09. The van der Waals surface area contributed by atoms with Gasteiger partial charge >= 0.3 is 0 Å². The fourth-order valence-corrected chi connectivity index (χ4v) is 1.27. The van der Waals surface area contributed by atoms with Crippen LogP contribution < -0.4 is 0 Å². The molecule has 2 nitrogen and oxygen atoms in total. The molecule has 1 aliphatic carbocycles. The van der Waals surface area contributed by atoms with Crippen molar-refractivity contribution in [2.45, 2.75) is 18.7 Å². The Kier molecular flexibility index (Phi) is 3.08. The molecule has 0 aromatic heterocycles. The lowest BCUT2D eigenvalue weighted by molar-refractivity contribution is -0.0456. The molecule has 1 aliphatic rings. The number of methoxy groups -OCH3 is 2.